The Kier molecular flexibility index (Phi) is 7.17. The number of hydrogen-bond donors (Lipinski definition) is 0. The Bertz CT molecular complexity index is 1010. The Morgan fingerprint density at radius 1 is 0.969 bits per heavy atom. The fourth-order valence-electron chi connectivity index (χ4n) is 4.55. The molecule has 1 aliphatic carbocycles. The van der Waals surface area contributed by atoms with Gasteiger partial charge in [-0.3, -0.25) is 0 Å². The lowest BCUT2D eigenvalue weighted by Crippen LogP contribution is -2.34. The lowest BCUT2D eigenvalue weighted by atomic mass is 9.62. The van der Waals surface area contributed by atoms with Crippen molar-refractivity contribution >= 4 is 12.0 Å². The van der Waals surface area contributed by atoms with Crippen LogP contribution in [0, 0.1) is 6.92 Å². The molecule has 3 heteroatoms. The number of aryl methyl sites for hydroxylation is 1. The molecule has 0 saturated carbocycles. The van der Waals surface area contributed by atoms with Gasteiger partial charge in [0.15, 0.2) is 0 Å². The van der Waals surface area contributed by atoms with Crippen LogP contribution >= 0.6 is 0 Å². The summed E-state index contributed by atoms with van der Waals surface area (Å²) < 4.78 is 10.9. The Labute approximate surface area is 193 Å². The minimum atomic E-state index is -0.416. The Hall–Kier alpha value is -2.55. The molecule has 0 heterocycles. The standard InChI is InChI=1S/C29H38O3/c1-8-15-32-26(27(30)31-9-2)18-21-11-10-12-22(17-21)23-19-25-24(16-20(23)3)28(4,5)13-14-29(25,6)7/h10-12,16-19H,8-9,13-15H2,1-7H3. The summed E-state index contributed by atoms with van der Waals surface area (Å²) in [5.74, 6) is -0.156. The summed E-state index contributed by atoms with van der Waals surface area (Å²) in [6, 6.07) is 13.1. The highest BCUT2D eigenvalue weighted by Gasteiger charge is 2.37. The second-order valence-electron chi connectivity index (χ2n) is 10.2. The van der Waals surface area contributed by atoms with Crippen LogP contribution in [-0.4, -0.2) is 19.2 Å². The molecule has 3 nitrogen and oxygen atoms in total. The van der Waals surface area contributed by atoms with Crippen molar-refractivity contribution in [3.05, 3.63) is 64.4 Å². The zero-order chi connectivity index (χ0) is 23.5. The summed E-state index contributed by atoms with van der Waals surface area (Å²) in [7, 11) is 0. The second-order valence-corrected chi connectivity index (χ2v) is 10.2. The van der Waals surface area contributed by atoms with Gasteiger partial charge in [-0.05, 0) is 89.5 Å². The molecule has 3 rings (SSSR count). The lowest BCUT2D eigenvalue weighted by Gasteiger charge is -2.42. The van der Waals surface area contributed by atoms with Gasteiger partial charge >= 0.3 is 5.97 Å². The first-order valence-corrected chi connectivity index (χ1v) is 11.9. The van der Waals surface area contributed by atoms with E-state index in [4.69, 9.17) is 9.47 Å². The van der Waals surface area contributed by atoms with E-state index in [0.717, 1.165) is 17.5 Å². The van der Waals surface area contributed by atoms with E-state index >= 15 is 0 Å². The fourth-order valence-corrected chi connectivity index (χ4v) is 4.55. The molecular weight excluding hydrogens is 396 g/mol. The molecule has 0 fully saturated rings. The van der Waals surface area contributed by atoms with E-state index in [-0.39, 0.29) is 16.6 Å². The van der Waals surface area contributed by atoms with Crippen molar-refractivity contribution in [1.82, 2.24) is 0 Å². The highest BCUT2D eigenvalue weighted by molar-refractivity contribution is 5.91. The highest BCUT2D eigenvalue weighted by Crippen LogP contribution is 2.47. The van der Waals surface area contributed by atoms with E-state index in [1.165, 1.54) is 35.1 Å². The minimum Gasteiger partial charge on any atom is -0.487 e. The van der Waals surface area contributed by atoms with Crippen molar-refractivity contribution in [3.63, 3.8) is 0 Å². The Morgan fingerprint density at radius 2 is 1.62 bits per heavy atom. The van der Waals surface area contributed by atoms with Crippen molar-refractivity contribution in [1.29, 1.82) is 0 Å². The summed E-state index contributed by atoms with van der Waals surface area (Å²) in [6.07, 6.45) is 5.02. The first-order chi connectivity index (χ1) is 15.1. The summed E-state index contributed by atoms with van der Waals surface area (Å²) >= 11 is 0. The van der Waals surface area contributed by atoms with Crippen LogP contribution < -0.4 is 0 Å². The normalized spacial score (nSPS) is 16.9. The molecule has 0 amide bonds. The number of carbonyl (C=O) groups excluding carboxylic acids is 1. The van der Waals surface area contributed by atoms with Crippen molar-refractivity contribution in [2.24, 2.45) is 0 Å². The molecule has 172 valence electrons. The largest absolute Gasteiger partial charge is 0.487 e. The number of ether oxygens (including phenoxy) is 2. The predicted octanol–water partition coefficient (Wildman–Crippen LogP) is 7.34. The van der Waals surface area contributed by atoms with Gasteiger partial charge in [0, 0.05) is 0 Å². The number of esters is 1. The van der Waals surface area contributed by atoms with Crippen LogP contribution in [0.1, 0.15) is 83.1 Å². The van der Waals surface area contributed by atoms with E-state index in [1.807, 2.05) is 19.1 Å². The van der Waals surface area contributed by atoms with Crippen molar-refractivity contribution in [2.75, 3.05) is 13.2 Å². The van der Waals surface area contributed by atoms with Crippen molar-refractivity contribution in [3.8, 4) is 11.1 Å². The molecule has 0 bridgehead atoms. The van der Waals surface area contributed by atoms with Gasteiger partial charge < -0.3 is 9.47 Å². The van der Waals surface area contributed by atoms with E-state index in [0.29, 0.717) is 13.2 Å². The monoisotopic (exact) mass is 434 g/mol. The maximum absolute atomic E-state index is 12.3. The molecule has 1 aliphatic rings. The van der Waals surface area contributed by atoms with Crippen LogP contribution in [0.25, 0.3) is 17.2 Å². The van der Waals surface area contributed by atoms with E-state index in [1.54, 1.807) is 13.0 Å². The average molecular weight is 435 g/mol. The average Bonchev–Trinajstić information content (AvgIpc) is 2.74. The first kappa shape index (κ1) is 24.1. The second kappa shape index (κ2) is 9.52. The van der Waals surface area contributed by atoms with Gasteiger partial charge in [0.1, 0.15) is 0 Å². The molecular formula is C29H38O3. The number of carbonyl (C=O) groups is 1. The topological polar surface area (TPSA) is 35.5 Å². The number of fused-ring (bicyclic) bond motifs is 1. The molecule has 0 aromatic heterocycles. The first-order valence-electron chi connectivity index (χ1n) is 11.9. The Morgan fingerprint density at radius 3 is 2.25 bits per heavy atom. The van der Waals surface area contributed by atoms with Gasteiger partial charge in [-0.15, -0.1) is 0 Å². The Balaban J connectivity index is 2.05. The van der Waals surface area contributed by atoms with Gasteiger partial charge in [-0.2, -0.15) is 0 Å². The molecule has 0 N–H and O–H groups in total. The number of hydrogen-bond acceptors (Lipinski definition) is 3. The van der Waals surface area contributed by atoms with Crippen LogP contribution in [0.4, 0.5) is 0 Å². The van der Waals surface area contributed by atoms with Crippen molar-refractivity contribution < 1.29 is 14.3 Å². The maximum atomic E-state index is 12.3. The van der Waals surface area contributed by atoms with Crippen molar-refractivity contribution in [2.45, 2.75) is 78.6 Å². The molecule has 32 heavy (non-hydrogen) atoms. The van der Waals surface area contributed by atoms with Crippen LogP contribution in [0.15, 0.2) is 42.2 Å². The zero-order valence-corrected chi connectivity index (χ0v) is 20.8. The van der Waals surface area contributed by atoms with Crippen LogP contribution in [0.5, 0.6) is 0 Å². The fraction of sp³-hybridized carbons (Fsp3) is 0.483. The third-order valence-electron chi connectivity index (χ3n) is 6.63. The van der Waals surface area contributed by atoms with E-state index in [9.17, 15) is 4.79 Å². The van der Waals surface area contributed by atoms with Gasteiger partial charge in [-0.1, -0.05) is 65.0 Å². The SMILES string of the molecule is CCCOC(=Cc1cccc(-c2cc3c(cc2C)C(C)(C)CCC3(C)C)c1)C(=O)OCC. The molecule has 0 saturated heterocycles. The molecule has 0 atom stereocenters. The molecule has 2 aromatic carbocycles. The van der Waals surface area contributed by atoms with Gasteiger partial charge in [0.25, 0.3) is 0 Å². The molecule has 0 radical (unpaired) electrons. The van der Waals surface area contributed by atoms with Crippen LogP contribution in [0.2, 0.25) is 0 Å². The number of rotatable bonds is 7. The molecule has 2 aromatic rings. The predicted molar refractivity (Wildman–Crippen MR) is 133 cm³/mol. The van der Waals surface area contributed by atoms with Gasteiger partial charge in [0.2, 0.25) is 5.76 Å². The highest BCUT2D eigenvalue weighted by atomic mass is 16.6. The quantitative estimate of drug-likeness (QED) is 0.260. The van der Waals surface area contributed by atoms with E-state index in [2.05, 4.69) is 58.9 Å². The van der Waals surface area contributed by atoms with Gasteiger partial charge in [0.05, 0.1) is 13.2 Å². The summed E-state index contributed by atoms with van der Waals surface area (Å²) in [6.45, 7) is 16.3. The molecule has 0 spiro atoms. The summed E-state index contributed by atoms with van der Waals surface area (Å²) in [5.41, 5.74) is 7.90. The summed E-state index contributed by atoms with van der Waals surface area (Å²) in [5, 5.41) is 0. The van der Waals surface area contributed by atoms with Crippen LogP contribution in [-0.2, 0) is 25.1 Å². The van der Waals surface area contributed by atoms with Crippen LogP contribution in [0.3, 0.4) is 0 Å². The third kappa shape index (κ3) is 5.09. The van der Waals surface area contributed by atoms with E-state index < -0.39 is 5.97 Å². The van der Waals surface area contributed by atoms with Gasteiger partial charge in [-0.25, -0.2) is 4.79 Å². The zero-order valence-electron chi connectivity index (χ0n) is 20.8. The third-order valence-corrected chi connectivity index (χ3v) is 6.63. The summed E-state index contributed by atoms with van der Waals surface area (Å²) in [4.78, 5) is 12.3. The maximum Gasteiger partial charge on any atom is 0.373 e. The molecule has 0 aliphatic heterocycles. The lowest BCUT2D eigenvalue weighted by molar-refractivity contribution is -0.142. The molecule has 0 unspecified atom stereocenters. The number of benzene rings is 2. The smallest absolute Gasteiger partial charge is 0.373 e. The minimum absolute atomic E-state index is 0.163.